The van der Waals surface area contributed by atoms with E-state index in [1.807, 2.05) is 25.1 Å². The van der Waals surface area contributed by atoms with Crippen molar-refractivity contribution >= 4 is 33.5 Å². The number of amides is 1. The van der Waals surface area contributed by atoms with Crippen molar-refractivity contribution in [1.82, 2.24) is 0 Å². The smallest absolute Gasteiger partial charge is 0.374 e. The van der Waals surface area contributed by atoms with E-state index in [2.05, 4.69) is 21.2 Å². The molecule has 2 rings (SSSR count). The van der Waals surface area contributed by atoms with Crippen LogP contribution in [-0.4, -0.2) is 18.5 Å². The molecule has 0 saturated carbocycles. The second kappa shape index (κ2) is 6.38. The molecule has 0 aliphatic rings. The Labute approximate surface area is 124 Å². The van der Waals surface area contributed by atoms with Crippen LogP contribution in [0.25, 0.3) is 0 Å². The van der Waals surface area contributed by atoms with Crippen molar-refractivity contribution in [2.24, 2.45) is 0 Å². The zero-order chi connectivity index (χ0) is 14.5. The first-order valence-electron chi connectivity index (χ1n) is 5.84. The summed E-state index contributed by atoms with van der Waals surface area (Å²) in [7, 11) is 0. The Hall–Kier alpha value is -2.08. The number of carbonyl (C=O) groups excluding carboxylic acids is 2. The Morgan fingerprint density at radius 1 is 1.25 bits per heavy atom. The maximum Gasteiger partial charge on any atom is 0.374 e. The minimum absolute atomic E-state index is 0.0422. The number of halogens is 1. The monoisotopic (exact) mass is 337 g/mol. The molecule has 0 saturated heterocycles. The van der Waals surface area contributed by atoms with Gasteiger partial charge in [0.2, 0.25) is 5.76 Å². The third kappa shape index (κ3) is 3.71. The van der Waals surface area contributed by atoms with Crippen LogP contribution in [0.4, 0.5) is 5.69 Å². The fourth-order valence-electron chi connectivity index (χ4n) is 1.53. The first-order valence-corrected chi connectivity index (χ1v) is 6.63. The van der Waals surface area contributed by atoms with E-state index in [1.54, 1.807) is 12.1 Å². The first kappa shape index (κ1) is 14.3. The van der Waals surface area contributed by atoms with Crippen LogP contribution >= 0.6 is 15.9 Å². The molecule has 1 aromatic heterocycles. The number of benzene rings is 1. The summed E-state index contributed by atoms with van der Waals surface area (Å²) in [5.41, 5.74) is 1.62. The van der Waals surface area contributed by atoms with Crippen LogP contribution < -0.4 is 5.32 Å². The van der Waals surface area contributed by atoms with E-state index in [0.29, 0.717) is 10.4 Å². The Kier molecular flexibility index (Phi) is 4.57. The third-order valence-electron chi connectivity index (χ3n) is 2.53. The lowest BCUT2D eigenvalue weighted by Crippen LogP contribution is -2.21. The van der Waals surface area contributed by atoms with E-state index >= 15 is 0 Å². The molecular formula is C14H12BrNO4. The second-order valence-electron chi connectivity index (χ2n) is 4.04. The molecule has 6 heteroatoms. The van der Waals surface area contributed by atoms with E-state index in [1.165, 1.54) is 6.07 Å². The van der Waals surface area contributed by atoms with Crippen LogP contribution in [0, 0.1) is 6.92 Å². The molecule has 0 radical (unpaired) electrons. The van der Waals surface area contributed by atoms with Gasteiger partial charge in [-0.25, -0.2) is 4.79 Å². The van der Waals surface area contributed by atoms with Crippen molar-refractivity contribution in [2.45, 2.75) is 6.92 Å². The van der Waals surface area contributed by atoms with Gasteiger partial charge in [-0.1, -0.05) is 18.2 Å². The number of furan rings is 1. The Morgan fingerprint density at radius 2 is 2.00 bits per heavy atom. The molecule has 1 amide bonds. The highest BCUT2D eigenvalue weighted by atomic mass is 79.9. The van der Waals surface area contributed by atoms with E-state index < -0.39 is 11.9 Å². The Balaban J connectivity index is 1.87. The number of para-hydroxylation sites is 1. The van der Waals surface area contributed by atoms with Crippen LogP contribution in [0.5, 0.6) is 0 Å². The number of nitrogens with one attached hydrogen (secondary N) is 1. The van der Waals surface area contributed by atoms with Crippen molar-refractivity contribution in [2.75, 3.05) is 11.9 Å². The van der Waals surface area contributed by atoms with E-state index in [4.69, 9.17) is 9.15 Å². The Morgan fingerprint density at radius 3 is 2.65 bits per heavy atom. The molecule has 5 nitrogen and oxygen atoms in total. The summed E-state index contributed by atoms with van der Waals surface area (Å²) in [5.74, 6) is -1.05. The zero-order valence-corrected chi connectivity index (χ0v) is 12.3. The summed E-state index contributed by atoms with van der Waals surface area (Å²) in [6.07, 6.45) is 0. The van der Waals surface area contributed by atoms with Crippen molar-refractivity contribution in [3.8, 4) is 0 Å². The van der Waals surface area contributed by atoms with E-state index in [9.17, 15) is 9.59 Å². The standard InChI is InChI=1S/C14H12BrNO4/c1-9-4-2-3-5-10(9)16-13(17)8-19-14(18)11-6-7-12(15)20-11/h2-7H,8H2,1H3,(H,16,17). The van der Waals surface area contributed by atoms with Crippen molar-refractivity contribution in [3.63, 3.8) is 0 Å². The minimum Gasteiger partial charge on any atom is -0.450 e. The van der Waals surface area contributed by atoms with Crippen molar-refractivity contribution in [1.29, 1.82) is 0 Å². The van der Waals surface area contributed by atoms with Crippen LogP contribution in [-0.2, 0) is 9.53 Å². The Bertz CT molecular complexity index is 636. The van der Waals surface area contributed by atoms with Gasteiger partial charge in [-0.15, -0.1) is 0 Å². The van der Waals surface area contributed by atoms with Gasteiger partial charge in [0.1, 0.15) is 0 Å². The quantitative estimate of drug-likeness (QED) is 0.870. The van der Waals surface area contributed by atoms with Gasteiger partial charge >= 0.3 is 5.97 Å². The highest BCUT2D eigenvalue weighted by Gasteiger charge is 2.14. The normalized spacial score (nSPS) is 10.1. The summed E-state index contributed by atoms with van der Waals surface area (Å²) in [5, 5.41) is 2.67. The van der Waals surface area contributed by atoms with Crippen LogP contribution in [0.3, 0.4) is 0 Å². The third-order valence-corrected chi connectivity index (χ3v) is 2.95. The van der Waals surface area contributed by atoms with Crippen molar-refractivity contribution < 1.29 is 18.7 Å². The number of esters is 1. The van der Waals surface area contributed by atoms with Gasteiger partial charge in [-0.3, -0.25) is 4.79 Å². The van der Waals surface area contributed by atoms with Gasteiger partial charge in [0.05, 0.1) is 0 Å². The maximum absolute atomic E-state index is 11.7. The van der Waals surface area contributed by atoms with E-state index in [-0.39, 0.29) is 12.4 Å². The molecule has 0 atom stereocenters. The molecular weight excluding hydrogens is 326 g/mol. The molecule has 0 fully saturated rings. The average Bonchev–Trinajstić information content (AvgIpc) is 2.85. The summed E-state index contributed by atoms with van der Waals surface area (Å²) in [6.45, 7) is 1.51. The minimum atomic E-state index is -0.685. The molecule has 2 aromatic rings. The van der Waals surface area contributed by atoms with Gasteiger partial charge in [-0.05, 0) is 46.6 Å². The van der Waals surface area contributed by atoms with Gasteiger partial charge in [-0.2, -0.15) is 0 Å². The lowest BCUT2D eigenvalue weighted by atomic mass is 10.2. The lowest BCUT2D eigenvalue weighted by Gasteiger charge is -2.08. The molecule has 104 valence electrons. The van der Waals surface area contributed by atoms with Crippen LogP contribution in [0.1, 0.15) is 16.1 Å². The second-order valence-corrected chi connectivity index (χ2v) is 4.82. The van der Waals surface area contributed by atoms with Crippen molar-refractivity contribution in [3.05, 3.63) is 52.4 Å². The molecule has 1 aromatic carbocycles. The highest BCUT2D eigenvalue weighted by Crippen LogP contribution is 2.15. The molecule has 0 spiro atoms. The molecule has 0 aliphatic carbocycles. The zero-order valence-electron chi connectivity index (χ0n) is 10.7. The SMILES string of the molecule is Cc1ccccc1NC(=O)COC(=O)c1ccc(Br)o1. The number of rotatable bonds is 4. The molecule has 0 aliphatic heterocycles. The summed E-state index contributed by atoms with van der Waals surface area (Å²) in [6, 6.07) is 10.4. The number of aryl methyl sites for hydroxylation is 1. The molecule has 1 heterocycles. The first-order chi connectivity index (χ1) is 9.56. The number of anilines is 1. The van der Waals surface area contributed by atoms with Gasteiger partial charge in [0.25, 0.3) is 5.91 Å². The molecule has 0 unspecified atom stereocenters. The molecule has 1 N–H and O–H groups in total. The average molecular weight is 338 g/mol. The highest BCUT2D eigenvalue weighted by molar-refractivity contribution is 9.10. The topological polar surface area (TPSA) is 68.5 Å². The summed E-state index contributed by atoms with van der Waals surface area (Å²) < 4.78 is 10.3. The van der Waals surface area contributed by atoms with Crippen LogP contribution in [0.2, 0.25) is 0 Å². The number of ether oxygens (including phenoxy) is 1. The maximum atomic E-state index is 11.7. The summed E-state index contributed by atoms with van der Waals surface area (Å²) in [4.78, 5) is 23.2. The van der Waals surface area contributed by atoms with E-state index in [0.717, 1.165) is 5.56 Å². The fourth-order valence-corrected chi connectivity index (χ4v) is 1.83. The lowest BCUT2D eigenvalue weighted by molar-refractivity contribution is -0.119. The van der Waals surface area contributed by atoms with Gasteiger partial charge < -0.3 is 14.5 Å². The van der Waals surface area contributed by atoms with Gasteiger partial charge in [0, 0.05) is 5.69 Å². The molecule has 0 bridgehead atoms. The predicted molar refractivity (Wildman–Crippen MR) is 76.5 cm³/mol. The molecule has 20 heavy (non-hydrogen) atoms. The summed E-state index contributed by atoms with van der Waals surface area (Å²) >= 11 is 3.08. The number of carbonyl (C=O) groups is 2. The van der Waals surface area contributed by atoms with Gasteiger partial charge in [0.15, 0.2) is 11.3 Å². The predicted octanol–water partition coefficient (Wildman–Crippen LogP) is 3.15. The fraction of sp³-hybridized carbons (Fsp3) is 0.143. The number of hydrogen-bond donors (Lipinski definition) is 1. The number of hydrogen-bond acceptors (Lipinski definition) is 4. The van der Waals surface area contributed by atoms with Crippen LogP contribution in [0.15, 0.2) is 45.5 Å². The largest absolute Gasteiger partial charge is 0.450 e.